The second-order valence-electron chi connectivity index (χ2n) is 6.34. The Morgan fingerprint density at radius 3 is 2.63 bits per heavy atom. The summed E-state index contributed by atoms with van der Waals surface area (Å²) in [6, 6.07) is 11.9. The van der Waals surface area contributed by atoms with E-state index in [9.17, 15) is 0 Å². The number of pyridine rings is 1. The van der Waals surface area contributed by atoms with Crippen LogP contribution in [0, 0.1) is 0 Å². The number of halogens is 1. The van der Waals surface area contributed by atoms with E-state index < -0.39 is 0 Å². The molecule has 1 heterocycles. The van der Waals surface area contributed by atoms with Crippen molar-refractivity contribution >= 4 is 29.9 Å². The minimum Gasteiger partial charge on any atom is -0.497 e. The predicted molar refractivity (Wildman–Crippen MR) is 118 cm³/mol. The fraction of sp³-hybridized carbons (Fsp3) is 0.400. The highest BCUT2D eigenvalue weighted by Crippen LogP contribution is 2.23. The number of ether oxygens (including phenoxy) is 2. The Balaban J connectivity index is 0.00000261. The summed E-state index contributed by atoms with van der Waals surface area (Å²) in [6.07, 6.45) is 6.85. The molecule has 1 aliphatic carbocycles. The zero-order chi connectivity index (χ0) is 18.2. The third kappa shape index (κ3) is 6.57. The number of hydrogen-bond acceptors (Lipinski definition) is 4. The molecule has 1 aromatic carbocycles. The summed E-state index contributed by atoms with van der Waals surface area (Å²) in [7, 11) is 3.43. The predicted octanol–water partition coefficient (Wildman–Crippen LogP) is 4.11. The van der Waals surface area contributed by atoms with Crippen molar-refractivity contribution in [1.29, 1.82) is 0 Å². The molecule has 1 saturated carbocycles. The van der Waals surface area contributed by atoms with Crippen molar-refractivity contribution in [1.82, 2.24) is 15.6 Å². The van der Waals surface area contributed by atoms with Crippen molar-refractivity contribution in [3.63, 3.8) is 0 Å². The van der Waals surface area contributed by atoms with Crippen LogP contribution < -0.4 is 20.1 Å². The van der Waals surface area contributed by atoms with E-state index in [-0.39, 0.29) is 24.0 Å². The number of benzene rings is 1. The van der Waals surface area contributed by atoms with Crippen LogP contribution >= 0.6 is 24.0 Å². The molecule has 0 radical (unpaired) electrons. The van der Waals surface area contributed by atoms with Gasteiger partial charge in [-0.3, -0.25) is 4.99 Å². The molecular weight excluding hydrogens is 455 g/mol. The summed E-state index contributed by atoms with van der Waals surface area (Å²) in [5.74, 6) is 2.84. The van der Waals surface area contributed by atoms with Crippen molar-refractivity contribution in [3.05, 3.63) is 48.2 Å². The van der Waals surface area contributed by atoms with E-state index in [1.807, 2.05) is 42.6 Å². The lowest BCUT2D eigenvalue weighted by Crippen LogP contribution is -2.41. The second-order valence-corrected chi connectivity index (χ2v) is 6.34. The lowest BCUT2D eigenvalue weighted by Gasteiger charge is -2.16. The zero-order valence-electron chi connectivity index (χ0n) is 15.8. The Morgan fingerprint density at radius 2 is 1.96 bits per heavy atom. The lowest BCUT2D eigenvalue weighted by atomic mass is 10.2. The molecule has 0 atom stereocenters. The molecule has 0 bridgehead atoms. The summed E-state index contributed by atoms with van der Waals surface area (Å²) < 4.78 is 11.0. The van der Waals surface area contributed by atoms with Crippen LogP contribution in [-0.4, -0.2) is 31.1 Å². The first-order valence-electron chi connectivity index (χ1n) is 9.01. The zero-order valence-corrected chi connectivity index (χ0v) is 18.1. The monoisotopic (exact) mass is 482 g/mol. The van der Waals surface area contributed by atoms with Gasteiger partial charge in [0.2, 0.25) is 5.88 Å². The van der Waals surface area contributed by atoms with Crippen molar-refractivity contribution in [2.75, 3.05) is 14.2 Å². The topological polar surface area (TPSA) is 67.8 Å². The highest BCUT2D eigenvalue weighted by Gasteiger charge is 2.15. The molecule has 27 heavy (non-hydrogen) atoms. The Morgan fingerprint density at radius 1 is 1.19 bits per heavy atom. The third-order valence-electron chi connectivity index (χ3n) is 4.44. The fourth-order valence-corrected chi connectivity index (χ4v) is 3.01. The number of nitrogens with one attached hydrogen (secondary N) is 2. The maximum atomic E-state index is 5.76. The van der Waals surface area contributed by atoms with Crippen molar-refractivity contribution in [2.24, 2.45) is 4.99 Å². The van der Waals surface area contributed by atoms with Gasteiger partial charge in [0.1, 0.15) is 11.5 Å². The minimum atomic E-state index is 0. The first-order chi connectivity index (χ1) is 12.8. The molecule has 7 heteroatoms. The SMILES string of the molecule is CN=C(NCc1ccc(Oc2cccc(OC)c2)nc1)NC1CCCC1.I. The molecule has 1 aromatic heterocycles. The first kappa shape index (κ1) is 21.3. The summed E-state index contributed by atoms with van der Waals surface area (Å²) >= 11 is 0. The van der Waals surface area contributed by atoms with Crippen LogP contribution in [0.3, 0.4) is 0 Å². The van der Waals surface area contributed by atoms with Gasteiger partial charge in [0.05, 0.1) is 7.11 Å². The number of guanidine groups is 1. The van der Waals surface area contributed by atoms with Gasteiger partial charge in [-0.15, -0.1) is 24.0 Å². The number of methoxy groups -OCH3 is 1. The molecule has 2 N–H and O–H groups in total. The van der Waals surface area contributed by atoms with E-state index in [0.717, 1.165) is 17.3 Å². The maximum Gasteiger partial charge on any atom is 0.219 e. The van der Waals surface area contributed by atoms with Gasteiger partial charge in [-0.25, -0.2) is 4.98 Å². The van der Waals surface area contributed by atoms with E-state index >= 15 is 0 Å². The highest BCUT2D eigenvalue weighted by molar-refractivity contribution is 14.0. The van der Waals surface area contributed by atoms with Crippen molar-refractivity contribution in [3.8, 4) is 17.4 Å². The molecule has 1 fully saturated rings. The number of hydrogen-bond donors (Lipinski definition) is 2. The number of rotatable bonds is 6. The molecule has 2 aromatic rings. The van der Waals surface area contributed by atoms with Gasteiger partial charge in [-0.05, 0) is 30.5 Å². The summed E-state index contributed by atoms with van der Waals surface area (Å²) in [4.78, 5) is 8.67. The van der Waals surface area contributed by atoms with Gasteiger partial charge in [0.25, 0.3) is 0 Å². The second kappa shape index (κ2) is 11.0. The Labute approximate surface area is 177 Å². The van der Waals surface area contributed by atoms with E-state index in [1.54, 1.807) is 14.2 Å². The Bertz CT molecular complexity index is 731. The van der Waals surface area contributed by atoms with E-state index in [2.05, 4.69) is 20.6 Å². The van der Waals surface area contributed by atoms with E-state index in [4.69, 9.17) is 9.47 Å². The standard InChI is InChI=1S/C20H26N4O2.HI/c1-21-20(24-16-6-3-4-7-16)23-14-15-10-11-19(22-13-15)26-18-9-5-8-17(12-18)25-2;/h5,8-13,16H,3-4,6-7,14H2,1-2H3,(H2,21,23,24);1H. The fourth-order valence-electron chi connectivity index (χ4n) is 3.01. The van der Waals surface area contributed by atoms with E-state index in [1.165, 1.54) is 25.7 Å². The minimum absolute atomic E-state index is 0. The average Bonchev–Trinajstić information content (AvgIpc) is 3.19. The largest absolute Gasteiger partial charge is 0.497 e. The van der Waals surface area contributed by atoms with Crippen LogP contribution in [0.15, 0.2) is 47.6 Å². The molecule has 0 unspecified atom stereocenters. The molecule has 6 nitrogen and oxygen atoms in total. The number of aromatic nitrogens is 1. The molecule has 1 aliphatic rings. The maximum absolute atomic E-state index is 5.76. The van der Waals surface area contributed by atoms with E-state index in [0.29, 0.717) is 24.2 Å². The van der Waals surface area contributed by atoms with Crippen LogP contribution in [-0.2, 0) is 6.54 Å². The molecule has 0 saturated heterocycles. The third-order valence-corrected chi connectivity index (χ3v) is 4.44. The number of nitrogens with zero attached hydrogens (tertiary/aromatic N) is 2. The quantitative estimate of drug-likeness (QED) is 0.369. The Kier molecular flexibility index (Phi) is 8.63. The van der Waals surface area contributed by atoms with Crippen LogP contribution in [0.1, 0.15) is 31.2 Å². The van der Waals surface area contributed by atoms with Gasteiger partial charge < -0.3 is 20.1 Å². The Hall–Kier alpha value is -2.03. The normalized spacial score (nSPS) is 14.4. The van der Waals surface area contributed by atoms with Gasteiger partial charge in [0, 0.05) is 38.0 Å². The summed E-state index contributed by atoms with van der Waals surface area (Å²) in [6.45, 7) is 0.666. The first-order valence-corrected chi connectivity index (χ1v) is 9.01. The molecular formula is C20H27IN4O2. The summed E-state index contributed by atoms with van der Waals surface area (Å²) in [5, 5.41) is 6.81. The lowest BCUT2D eigenvalue weighted by molar-refractivity contribution is 0.407. The van der Waals surface area contributed by atoms with Gasteiger partial charge in [-0.2, -0.15) is 0 Å². The smallest absolute Gasteiger partial charge is 0.219 e. The highest BCUT2D eigenvalue weighted by atomic mass is 127. The molecule has 0 amide bonds. The molecule has 146 valence electrons. The van der Waals surface area contributed by atoms with Crippen LogP contribution in [0.4, 0.5) is 0 Å². The average molecular weight is 482 g/mol. The van der Waals surface area contributed by atoms with Gasteiger partial charge in [0.15, 0.2) is 5.96 Å². The number of aliphatic imine (C=N–C) groups is 1. The van der Waals surface area contributed by atoms with Crippen LogP contribution in [0.2, 0.25) is 0 Å². The van der Waals surface area contributed by atoms with Gasteiger partial charge >= 0.3 is 0 Å². The van der Waals surface area contributed by atoms with Crippen molar-refractivity contribution in [2.45, 2.75) is 38.3 Å². The van der Waals surface area contributed by atoms with Crippen molar-refractivity contribution < 1.29 is 9.47 Å². The van der Waals surface area contributed by atoms with Crippen LogP contribution in [0.5, 0.6) is 17.4 Å². The van der Waals surface area contributed by atoms with Crippen LogP contribution in [0.25, 0.3) is 0 Å². The van der Waals surface area contributed by atoms with Gasteiger partial charge in [-0.1, -0.05) is 25.0 Å². The summed E-state index contributed by atoms with van der Waals surface area (Å²) in [5.41, 5.74) is 1.07. The molecule has 3 rings (SSSR count). The molecule has 0 aliphatic heterocycles. The molecule has 0 spiro atoms.